The fraction of sp³-hybridized carbons (Fsp3) is 0.562. The van der Waals surface area contributed by atoms with Crippen molar-refractivity contribution in [2.45, 2.75) is 32.7 Å². The van der Waals surface area contributed by atoms with Crippen molar-refractivity contribution in [1.82, 2.24) is 10.6 Å². The lowest BCUT2D eigenvalue weighted by Crippen LogP contribution is -2.44. The van der Waals surface area contributed by atoms with E-state index in [2.05, 4.69) is 17.6 Å². The Bertz CT molecular complexity index is 440. The summed E-state index contributed by atoms with van der Waals surface area (Å²) in [5.41, 5.74) is 1.17. The molecule has 2 atom stereocenters. The van der Waals surface area contributed by atoms with Gasteiger partial charge in [-0.15, -0.1) is 0 Å². The number of amides is 1. The molecule has 1 fully saturated rings. The summed E-state index contributed by atoms with van der Waals surface area (Å²) in [6.07, 6.45) is 2.04. The number of ether oxygens (including phenoxy) is 1. The molecular formula is C16H24N2O2. The number of aryl methyl sites for hydroxylation is 1. The number of carbonyl (C=O) groups excluding carboxylic acids is 1. The van der Waals surface area contributed by atoms with E-state index in [4.69, 9.17) is 4.74 Å². The van der Waals surface area contributed by atoms with Crippen molar-refractivity contribution in [1.29, 1.82) is 0 Å². The van der Waals surface area contributed by atoms with Crippen molar-refractivity contribution >= 4 is 5.91 Å². The highest BCUT2D eigenvalue weighted by Crippen LogP contribution is 2.14. The first kappa shape index (κ1) is 14.9. The van der Waals surface area contributed by atoms with Crippen molar-refractivity contribution in [3.05, 3.63) is 29.8 Å². The number of nitrogens with one attached hydrogen (secondary N) is 2. The van der Waals surface area contributed by atoms with Crippen LogP contribution < -0.4 is 15.4 Å². The summed E-state index contributed by atoms with van der Waals surface area (Å²) in [7, 11) is 0. The Morgan fingerprint density at radius 2 is 2.30 bits per heavy atom. The van der Waals surface area contributed by atoms with Crippen molar-refractivity contribution < 1.29 is 9.53 Å². The molecule has 1 aliphatic heterocycles. The van der Waals surface area contributed by atoms with Gasteiger partial charge in [0.05, 0.1) is 12.5 Å². The van der Waals surface area contributed by atoms with Gasteiger partial charge in [-0.05, 0) is 44.4 Å². The summed E-state index contributed by atoms with van der Waals surface area (Å²) in [6, 6.07) is 8.46. The lowest BCUT2D eigenvalue weighted by atomic mass is 9.95. The highest BCUT2D eigenvalue weighted by molar-refractivity contribution is 5.78. The van der Waals surface area contributed by atoms with E-state index in [1.54, 1.807) is 0 Å². The van der Waals surface area contributed by atoms with E-state index in [1.807, 2.05) is 31.2 Å². The van der Waals surface area contributed by atoms with Crippen LogP contribution in [0.5, 0.6) is 5.75 Å². The van der Waals surface area contributed by atoms with Gasteiger partial charge in [0.15, 0.2) is 0 Å². The monoisotopic (exact) mass is 276 g/mol. The van der Waals surface area contributed by atoms with Crippen LogP contribution in [0, 0.1) is 12.8 Å². The number of hydrogen-bond acceptors (Lipinski definition) is 3. The summed E-state index contributed by atoms with van der Waals surface area (Å²) in [5, 5.41) is 6.29. The molecule has 2 N–H and O–H groups in total. The third-order valence-electron chi connectivity index (χ3n) is 3.69. The average Bonchev–Trinajstić information content (AvgIpc) is 2.44. The summed E-state index contributed by atoms with van der Waals surface area (Å²) in [5.74, 6) is 1.09. The van der Waals surface area contributed by atoms with Gasteiger partial charge in [0.1, 0.15) is 12.4 Å². The molecule has 1 saturated heterocycles. The van der Waals surface area contributed by atoms with Crippen LogP contribution in [0.25, 0.3) is 0 Å². The van der Waals surface area contributed by atoms with Gasteiger partial charge >= 0.3 is 0 Å². The topological polar surface area (TPSA) is 50.4 Å². The largest absolute Gasteiger partial charge is 0.492 e. The molecule has 0 aliphatic carbocycles. The standard InChI is InChI=1S/C16H24N2O2/c1-12-4-3-5-15(10-12)20-9-8-17-16(19)14-7-6-13(2)18-11-14/h3-5,10,13-14,18H,6-9,11H2,1-2H3,(H,17,19). The second-order valence-electron chi connectivity index (χ2n) is 5.54. The molecule has 0 bridgehead atoms. The quantitative estimate of drug-likeness (QED) is 0.807. The summed E-state index contributed by atoms with van der Waals surface area (Å²) < 4.78 is 5.61. The van der Waals surface area contributed by atoms with Gasteiger partial charge in [-0.3, -0.25) is 4.79 Å². The first-order valence-electron chi connectivity index (χ1n) is 7.35. The van der Waals surface area contributed by atoms with Gasteiger partial charge in [-0.25, -0.2) is 0 Å². The first-order valence-corrected chi connectivity index (χ1v) is 7.35. The van der Waals surface area contributed by atoms with Crippen LogP contribution in [0.2, 0.25) is 0 Å². The van der Waals surface area contributed by atoms with Crippen molar-refractivity contribution in [3.63, 3.8) is 0 Å². The van der Waals surface area contributed by atoms with E-state index in [-0.39, 0.29) is 11.8 Å². The first-order chi connectivity index (χ1) is 9.65. The highest BCUT2D eigenvalue weighted by Gasteiger charge is 2.23. The SMILES string of the molecule is Cc1cccc(OCCNC(=O)C2CCC(C)NC2)c1. The van der Waals surface area contributed by atoms with E-state index in [1.165, 1.54) is 5.56 Å². The molecule has 110 valence electrons. The Labute approximate surface area is 120 Å². The third kappa shape index (κ3) is 4.53. The highest BCUT2D eigenvalue weighted by atomic mass is 16.5. The summed E-state index contributed by atoms with van der Waals surface area (Å²) in [6.45, 7) is 6.03. The van der Waals surface area contributed by atoms with Gasteiger partial charge < -0.3 is 15.4 Å². The van der Waals surface area contributed by atoms with Crippen LogP contribution in [-0.4, -0.2) is 31.6 Å². The predicted octanol–water partition coefficient (Wildman–Crippen LogP) is 1.88. The Morgan fingerprint density at radius 3 is 3.00 bits per heavy atom. The van der Waals surface area contributed by atoms with Crippen LogP contribution in [0.4, 0.5) is 0 Å². The zero-order valence-electron chi connectivity index (χ0n) is 12.3. The van der Waals surface area contributed by atoms with Gasteiger partial charge in [0, 0.05) is 12.6 Å². The predicted molar refractivity (Wildman–Crippen MR) is 79.9 cm³/mol. The van der Waals surface area contributed by atoms with Crippen LogP contribution in [0.15, 0.2) is 24.3 Å². The molecule has 0 radical (unpaired) electrons. The number of benzene rings is 1. The van der Waals surface area contributed by atoms with Crippen LogP contribution in [-0.2, 0) is 4.79 Å². The number of piperidine rings is 1. The van der Waals surface area contributed by atoms with Gasteiger partial charge in [-0.2, -0.15) is 0 Å². The van der Waals surface area contributed by atoms with E-state index in [9.17, 15) is 4.79 Å². The Balaban J connectivity index is 1.64. The Hall–Kier alpha value is -1.55. The number of hydrogen-bond donors (Lipinski definition) is 2. The fourth-order valence-electron chi connectivity index (χ4n) is 2.42. The van der Waals surface area contributed by atoms with Crippen LogP contribution in [0.1, 0.15) is 25.3 Å². The zero-order valence-corrected chi connectivity index (χ0v) is 12.3. The lowest BCUT2D eigenvalue weighted by Gasteiger charge is -2.26. The molecule has 4 nitrogen and oxygen atoms in total. The van der Waals surface area contributed by atoms with Gasteiger partial charge in [0.2, 0.25) is 5.91 Å². The molecule has 20 heavy (non-hydrogen) atoms. The molecule has 2 rings (SSSR count). The van der Waals surface area contributed by atoms with E-state index in [0.29, 0.717) is 19.2 Å². The maximum Gasteiger partial charge on any atom is 0.224 e. The molecule has 1 amide bonds. The van der Waals surface area contributed by atoms with E-state index >= 15 is 0 Å². The van der Waals surface area contributed by atoms with Crippen molar-refractivity contribution in [2.75, 3.05) is 19.7 Å². The minimum atomic E-state index is 0.102. The summed E-state index contributed by atoms with van der Waals surface area (Å²) >= 11 is 0. The van der Waals surface area contributed by atoms with Gasteiger partial charge in [0.25, 0.3) is 0 Å². The molecule has 1 aliphatic rings. The fourth-order valence-corrected chi connectivity index (χ4v) is 2.42. The second kappa shape index (κ2) is 7.29. The van der Waals surface area contributed by atoms with Crippen molar-refractivity contribution in [2.24, 2.45) is 5.92 Å². The molecule has 1 heterocycles. The van der Waals surface area contributed by atoms with E-state index < -0.39 is 0 Å². The van der Waals surface area contributed by atoms with Crippen LogP contribution >= 0.6 is 0 Å². The second-order valence-corrected chi connectivity index (χ2v) is 5.54. The molecular weight excluding hydrogens is 252 g/mol. The summed E-state index contributed by atoms with van der Waals surface area (Å²) in [4.78, 5) is 12.0. The van der Waals surface area contributed by atoms with Crippen molar-refractivity contribution in [3.8, 4) is 5.75 Å². The molecule has 2 unspecified atom stereocenters. The van der Waals surface area contributed by atoms with Crippen LogP contribution in [0.3, 0.4) is 0 Å². The molecule has 1 aromatic carbocycles. The maximum absolute atomic E-state index is 12.0. The molecule has 4 heteroatoms. The Kier molecular flexibility index (Phi) is 5.41. The maximum atomic E-state index is 12.0. The third-order valence-corrected chi connectivity index (χ3v) is 3.69. The minimum Gasteiger partial charge on any atom is -0.492 e. The average molecular weight is 276 g/mol. The normalized spacial score (nSPS) is 22.3. The van der Waals surface area contributed by atoms with Gasteiger partial charge in [-0.1, -0.05) is 12.1 Å². The number of carbonyl (C=O) groups is 1. The molecule has 1 aromatic rings. The molecule has 0 saturated carbocycles. The Morgan fingerprint density at radius 1 is 1.45 bits per heavy atom. The van der Waals surface area contributed by atoms with E-state index in [0.717, 1.165) is 25.1 Å². The smallest absolute Gasteiger partial charge is 0.224 e. The minimum absolute atomic E-state index is 0.102. The number of rotatable bonds is 5. The zero-order chi connectivity index (χ0) is 14.4. The lowest BCUT2D eigenvalue weighted by molar-refractivity contribution is -0.125. The molecule has 0 spiro atoms. The molecule has 0 aromatic heterocycles.